The van der Waals surface area contributed by atoms with Crippen LogP contribution in [-0.2, 0) is 6.54 Å². The van der Waals surface area contributed by atoms with E-state index in [0.29, 0.717) is 18.7 Å². The molecule has 1 saturated heterocycles. The van der Waals surface area contributed by atoms with Crippen molar-refractivity contribution >= 4 is 5.96 Å². The Bertz CT molecular complexity index is 619. The Hall–Kier alpha value is -1.75. The van der Waals surface area contributed by atoms with Gasteiger partial charge in [0, 0.05) is 37.8 Å². The number of likely N-dealkylation sites (tertiary alicyclic amines) is 1. The highest BCUT2D eigenvalue weighted by Gasteiger charge is 2.21. The van der Waals surface area contributed by atoms with Crippen LogP contribution in [0.3, 0.4) is 0 Å². The van der Waals surface area contributed by atoms with Crippen LogP contribution in [0.2, 0.25) is 0 Å². The van der Waals surface area contributed by atoms with Crippen molar-refractivity contribution in [1.29, 1.82) is 0 Å². The minimum atomic E-state index is 0.396. The summed E-state index contributed by atoms with van der Waals surface area (Å²) < 4.78 is 6.15. The summed E-state index contributed by atoms with van der Waals surface area (Å²) in [5.74, 6) is 2.66. The number of para-hydroxylation sites is 1. The van der Waals surface area contributed by atoms with E-state index < -0.39 is 0 Å². The molecule has 0 amide bonds. The summed E-state index contributed by atoms with van der Waals surface area (Å²) in [5.41, 5.74) is 1.17. The number of rotatable bonds is 8. The van der Waals surface area contributed by atoms with Crippen molar-refractivity contribution in [2.24, 2.45) is 10.9 Å². The number of hydrogen-bond acceptors (Lipinski definition) is 3. The number of ether oxygens (including phenoxy) is 1. The monoisotopic (exact) mass is 386 g/mol. The zero-order valence-corrected chi connectivity index (χ0v) is 17.9. The second kappa shape index (κ2) is 10.7. The fourth-order valence-electron chi connectivity index (χ4n) is 3.87. The first-order valence-electron chi connectivity index (χ1n) is 11.2. The number of benzene rings is 1. The smallest absolute Gasteiger partial charge is 0.191 e. The van der Waals surface area contributed by atoms with Gasteiger partial charge in [-0.25, -0.2) is 4.99 Å². The van der Waals surface area contributed by atoms with Crippen molar-refractivity contribution in [3.8, 4) is 5.75 Å². The van der Waals surface area contributed by atoms with Gasteiger partial charge in [0.25, 0.3) is 0 Å². The molecule has 5 heteroatoms. The second-order valence-electron chi connectivity index (χ2n) is 8.59. The molecule has 0 atom stereocenters. The van der Waals surface area contributed by atoms with Crippen LogP contribution in [0.15, 0.2) is 29.3 Å². The summed E-state index contributed by atoms with van der Waals surface area (Å²) in [5, 5.41) is 7.07. The van der Waals surface area contributed by atoms with Crippen LogP contribution < -0.4 is 15.4 Å². The normalized spacial score (nSPS) is 19.5. The summed E-state index contributed by atoms with van der Waals surface area (Å²) in [4.78, 5) is 7.44. The summed E-state index contributed by atoms with van der Waals surface area (Å²) in [6, 6.07) is 8.83. The highest BCUT2D eigenvalue weighted by atomic mass is 16.5. The van der Waals surface area contributed by atoms with Crippen molar-refractivity contribution < 1.29 is 4.74 Å². The fourth-order valence-corrected chi connectivity index (χ4v) is 3.87. The molecule has 2 N–H and O–H groups in total. The average molecular weight is 387 g/mol. The number of guanidine groups is 1. The van der Waals surface area contributed by atoms with Crippen LogP contribution in [0.4, 0.5) is 0 Å². The van der Waals surface area contributed by atoms with Gasteiger partial charge >= 0.3 is 0 Å². The number of aliphatic imine (C=N–C) groups is 1. The molecular weight excluding hydrogens is 348 g/mol. The van der Waals surface area contributed by atoms with E-state index in [1.165, 1.54) is 57.3 Å². The van der Waals surface area contributed by atoms with Crippen molar-refractivity contribution in [2.75, 3.05) is 26.2 Å². The number of nitrogens with one attached hydrogen (secondary N) is 2. The molecular formula is C23H38N4O. The SMILES string of the molecule is CCNC(=NCc1ccccc1OC1CCC1)NC1CCN(CC(C)C)CC1. The van der Waals surface area contributed by atoms with Gasteiger partial charge < -0.3 is 20.3 Å². The fraction of sp³-hybridized carbons (Fsp3) is 0.696. The van der Waals surface area contributed by atoms with E-state index in [9.17, 15) is 0 Å². The Balaban J connectivity index is 1.54. The van der Waals surface area contributed by atoms with E-state index in [0.717, 1.165) is 24.2 Å². The molecule has 0 bridgehead atoms. The molecule has 1 saturated carbocycles. The van der Waals surface area contributed by atoms with E-state index in [1.54, 1.807) is 0 Å². The maximum absolute atomic E-state index is 6.15. The largest absolute Gasteiger partial charge is 0.490 e. The van der Waals surface area contributed by atoms with Crippen molar-refractivity contribution in [2.45, 2.75) is 71.6 Å². The molecule has 1 heterocycles. The minimum absolute atomic E-state index is 0.396. The Morgan fingerprint density at radius 2 is 1.93 bits per heavy atom. The number of nitrogens with zero attached hydrogens (tertiary/aromatic N) is 2. The zero-order chi connectivity index (χ0) is 19.8. The van der Waals surface area contributed by atoms with E-state index in [4.69, 9.17) is 9.73 Å². The topological polar surface area (TPSA) is 48.9 Å². The maximum atomic E-state index is 6.15. The lowest BCUT2D eigenvalue weighted by Crippen LogP contribution is -2.49. The average Bonchev–Trinajstić information content (AvgIpc) is 2.65. The van der Waals surface area contributed by atoms with Crippen LogP contribution in [0.1, 0.15) is 58.4 Å². The first-order valence-corrected chi connectivity index (χ1v) is 11.2. The molecule has 28 heavy (non-hydrogen) atoms. The summed E-state index contributed by atoms with van der Waals surface area (Å²) in [7, 11) is 0. The lowest BCUT2D eigenvalue weighted by atomic mass is 9.96. The Labute approximate surface area is 170 Å². The molecule has 0 spiro atoms. The number of piperidine rings is 1. The summed E-state index contributed by atoms with van der Waals surface area (Å²) in [6.07, 6.45) is 6.40. The highest BCUT2D eigenvalue weighted by Crippen LogP contribution is 2.27. The van der Waals surface area contributed by atoms with Crippen LogP contribution in [-0.4, -0.2) is 49.2 Å². The van der Waals surface area contributed by atoms with Crippen LogP contribution >= 0.6 is 0 Å². The summed E-state index contributed by atoms with van der Waals surface area (Å²) >= 11 is 0. The van der Waals surface area contributed by atoms with Crippen molar-refractivity contribution in [3.63, 3.8) is 0 Å². The lowest BCUT2D eigenvalue weighted by molar-refractivity contribution is 0.119. The van der Waals surface area contributed by atoms with Gasteiger partial charge in [-0.15, -0.1) is 0 Å². The third kappa shape index (κ3) is 6.40. The molecule has 0 radical (unpaired) electrons. The van der Waals surface area contributed by atoms with Crippen LogP contribution in [0.25, 0.3) is 0 Å². The van der Waals surface area contributed by atoms with Gasteiger partial charge in [-0.05, 0) is 51.0 Å². The second-order valence-corrected chi connectivity index (χ2v) is 8.59. The van der Waals surface area contributed by atoms with E-state index in [-0.39, 0.29) is 0 Å². The maximum Gasteiger partial charge on any atom is 0.191 e. The first-order chi connectivity index (χ1) is 13.6. The van der Waals surface area contributed by atoms with Crippen LogP contribution in [0.5, 0.6) is 5.75 Å². The van der Waals surface area contributed by atoms with Gasteiger partial charge in [0.05, 0.1) is 12.6 Å². The van der Waals surface area contributed by atoms with Gasteiger partial charge in [0.1, 0.15) is 5.75 Å². The molecule has 1 aliphatic heterocycles. The van der Waals surface area contributed by atoms with Gasteiger partial charge in [-0.2, -0.15) is 0 Å². The number of hydrogen-bond donors (Lipinski definition) is 2. The molecule has 2 fully saturated rings. The van der Waals surface area contributed by atoms with E-state index >= 15 is 0 Å². The van der Waals surface area contributed by atoms with Crippen molar-refractivity contribution in [3.05, 3.63) is 29.8 Å². The molecule has 0 aromatic heterocycles. The van der Waals surface area contributed by atoms with Gasteiger partial charge in [-0.1, -0.05) is 32.0 Å². The third-order valence-electron chi connectivity index (χ3n) is 5.62. The lowest BCUT2D eigenvalue weighted by Gasteiger charge is -2.34. The molecule has 5 nitrogen and oxygen atoms in total. The van der Waals surface area contributed by atoms with Gasteiger partial charge in [-0.3, -0.25) is 0 Å². The molecule has 1 aromatic carbocycles. The van der Waals surface area contributed by atoms with E-state index in [1.807, 2.05) is 0 Å². The predicted molar refractivity (Wildman–Crippen MR) is 117 cm³/mol. The van der Waals surface area contributed by atoms with Crippen molar-refractivity contribution in [1.82, 2.24) is 15.5 Å². The molecule has 156 valence electrons. The summed E-state index contributed by atoms with van der Waals surface area (Å²) in [6.45, 7) is 11.8. The quantitative estimate of drug-likeness (QED) is 0.527. The Morgan fingerprint density at radius 1 is 1.18 bits per heavy atom. The predicted octanol–water partition coefficient (Wildman–Crippen LogP) is 3.79. The molecule has 2 aliphatic rings. The van der Waals surface area contributed by atoms with Crippen LogP contribution in [0, 0.1) is 5.92 Å². The zero-order valence-electron chi connectivity index (χ0n) is 17.9. The van der Waals surface area contributed by atoms with Gasteiger partial charge in [0.2, 0.25) is 0 Å². The first kappa shape index (κ1) is 21.0. The minimum Gasteiger partial charge on any atom is -0.490 e. The standard InChI is InChI=1S/C23H38N4O/c1-4-24-23(26-20-12-14-27(15-13-20)17-18(2)3)25-16-19-8-5-6-11-22(19)28-21-9-7-10-21/h5-6,8,11,18,20-21H,4,7,9-10,12-17H2,1-3H3,(H2,24,25,26). The third-order valence-corrected chi connectivity index (χ3v) is 5.62. The molecule has 1 aromatic rings. The molecule has 3 rings (SSSR count). The Morgan fingerprint density at radius 3 is 2.57 bits per heavy atom. The van der Waals surface area contributed by atoms with Gasteiger partial charge in [0.15, 0.2) is 5.96 Å². The Kier molecular flexibility index (Phi) is 8.01. The highest BCUT2D eigenvalue weighted by molar-refractivity contribution is 5.80. The molecule has 0 unspecified atom stereocenters. The van der Waals surface area contributed by atoms with E-state index in [2.05, 4.69) is 60.6 Å². The molecule has 1 aliphatic carbocycles.